The normalized spacial score (nSPS) is 20.7. The average Bonchev–Trinajstić information content (AvgIpc) is 3.02. The van der Waals surface area contributed by atoms with Crippen LogP contribution in [0.25, 0.3) is 5.57 Å². The smallest absolute Gasteiger partial charge is 0.0948 e. The molecule has 1 aliphatic carbocycles. The summed E-state index contributed by atoms with van der Waals surface area (Å²) in [6.45, 7) is 10.2. The lowest BCUT2D eigenvalue weighted by molar-refractivity contribution is 0.402. The molecule has 1 heterocycles. The first-order valence-corrected chi connectivity index (χ1v) is 8.25. The maximum atomic E-state index is 4.09. The van der Waals surface area contributed by atoms with Crippen LogP contribution in [0.1, 0.15) is 63.1 Å². The minimum atomic E-state index is 0.314. The number of fused-ring (bicyclic) bond motifs is 1. The first kappa shape index (κ1) is 15.1. The fraction of sp³-hybridized carbons (Fsp3) is 0.450. The second-order valence-corrected chi connectivity index (χ2v) is 7.27. The lowest BCUT2D eigenvalue weighted by Gasteiger charge is -2.36. The highest BCUT2D eigenvalue weighted by atomic mass is 15.0. The van der Waals surface area contributed by atoms with Crippen LogP contribution in [0.15, 0.2) is 43.0 Å². The third kappa shape index (κ3) is 2.87. The lowest BCUT2D eigenvalue weighted by Crippen LogP contribution is -2.25. The number of allylic oxidation sites excluding steroid dienone is 2. The van der Waals surface area contributed by atoms with E-state index in [1.807, 2.05) is 18.7 Å². The Morgan fingerprint density at radius 3 is 2.95 bits per heavy atom. The van der Waals surface area contributed by atoms with Gasteiger partial charge in [0.2, 0.25) is 0 Å². The molecule has 0 amide bonds. The highest BCUT2D eigenvalue weighted by molar-refractivity contribution is 5.65. The van der Waals surface area contributed by atoms with Crippen molar-refractivity contribution in [3.8, 4) is 0 Å². The van der Waals surface area contributed by atoms with Gasteiger partial charge in [0.1, 0.15) is 0 Å². The monoisotopic (exact) mass is 294 g/mol. The Kier molecular flexibility index (Phi) is 3.94. The zero-order valence-electron chi connectivity index (χ0n) is 14.1. The molecule has 2 heteroatoms. The van der Waals surface area contributed by atoms with Gasteiger partial charge in [-0.05, 0) is 53.4 Å². The Morgan fingerprint density at radius 1 is 1.41 bits per heavy atom. The van der Waals surface area contributed by atoms with E-state index in [1.54, 1.807) is 5.56 Å². The van der Waals surface area contributed by atoms with Crippen molar-refractivity contribution in [2.24, 2.45) is 0 Å². The summed E-state index contributed by atoms with van der Waals surface area (Å²) in [5, 5.41) is 0. The van der Waals surface area contributed by atoms with Gasteiger partial charge in [-0.15, -0.1) is 0 Å². The van der Waals surface area contributed by atoms with Gasteiger partial charge in [0.05, 0.1) is 6.33 Å². The number of imidazole rings is 1. The van der Waals surface area contributed by atoms with Crippen molar-refractivity contribution >= 4 is 5.57 Å². The molecule has 0 aliphatic heterocycles. The molecule has 2 aromatic rings. The molecular weight excluding hydrogens is 268 g/mol. The Balaban J connectivity index is 1.89. The van der Waals surface area contributed by atoms with Crippen LogP contribution in [0.4, 0.5) is 0 Å². The molecule has 0 spiro atoms. The second-order valence-electron chi connectivity index (χ2n) is 7.27. The topological polar surface area (TPSA) is 17.8 Å². The molecule has 2 nitrogen and oxygen atoms in total. The fourth-order valence-corrected chi connectivity index (χ4v) is 3.45. The third-order valence-electron chi connectivity index (χ3n) is 5.14. The third-order valence-corrected chi connectivity index (χ3v) is 5.14. The van der Waals surface area contributed by atoms with Gasteiger partial charge in [-0.1, -0.05) is 45.0 Å². The van der Waals surface area contributed by atoms with Gasteiger partial charge in [0, 0.05) is 18.9 Å². The van der Waals surface area contributed by atoms with E-state index in [9.17, 15) is 0 Å². The lowest BCUT2D eigenvalue weighted by atomic mass is 9.69. The Labute approximate surface area is 133 Å². The van der Waals surface area contributed by atoms with Crippen LogP contribution in [0.3, 0.4) is 0 Å². The van der Waals surface area contributed by atoms with Gasteiger partial charge >= 0.3 is 0 Å². The first-order valence-electron chi connectivity index (χ1n) is 8.25. The van der Waals surface area contributed by atoms with Crippen molar-refractivity contribution in [1.29, 1.82) is 0 Å². The minimum absolute atomic E-state index is 0.314. The van der Waals surface area contributed by atoms with Crippen LogP contribution in [-0.2, 0) is 12.0 Å². The Bertz CT molecular complexity index is 678. The zero-order valence-corrected chi connectivity index (χ0v) is 14.1. The van der Waals surface area contributed by atoms with E-state index >= 15 is 0 Å². The molecule has 0 radical (unpaired) electrons. The predicted molar refractivity (Wildman–Crippen MR) is 93.0 cm³/mol. The van der Waals surface area contributed by atoms with Crippen LogP contribution in [0.2, 0.25) is 0 Å². The molecule has 1 aromatic heterocycles. The van der Waals surface area contributed by atoms with Crippen molar-refractivity contribution in [2.45, 2.75) is 58.4 Å². The maximum absolute atomic E-state index is 4.09. The molecule has 1 aliphatic rings. The predicted octanol–water partition coefficient (Wildman–Crippen LogP) is 5.16. The van der Waals surface area contributed by atoms with Crippen molar-refractivity contribution in [3.63, 3.8) is 0 Å². The highest BCUT2D eigenvalue weighted by Gasteiger charge is 2.30. The summed E-state index contributed by atoms with van der Waals surface area (Å²) in [5.74, 6) is 0.671. The van der Waals surface area contributed by atoms with Gasteiger partial charge in [0.15, 0.2) is 0 Å². The summed E-state index contributed by atoms with van der Waals surface area (Å²) in [6.07, 6.45) is 10.5. The SMILES string of the molecule is C/C(=C\Cn1ccnc1)c1ccc2c(c1)C(C)CCC2(C)C. The Morgan fingerprint density at radius 2 is 2.23 bits per heavy atom. The van der Waals surface area contributed by atoms with Crippen LogP contribution >= 0.6 is 0 Å². The number of nitrogens with zero attached hydrogens (tertiary/aromatic N) is 2. The summed E-state index contributed by atoms with van der Waals surface area (Å²) in [7, 11) is 0. The van der Waals surface area contributed by atoms with Crippen molar-refractivity contribution in [3.05, 3.63) is 59.7 Å². The molecule has 22 heavy (non-hydrogen) atoms. The second kappa shape index (κ2) is 5.75. The summed E-state index contributed by atoms with van der Waals surface area (Å²) in [6, 6.07) is 7.06. The van der Waals surface area contributed by atoms with Crippen molar-refractivity contribution in [2.75, 3.05) is 0 Å². The molecule has 1 unspecified atom stereocenters. The van der Waals surface area contributed by atoms with Crippen LogP contribution in [0.5, 0.6) is 0 Å². The van der Waals surface area contributed by atoms with E-state index in [2.05, 4.69) is 61.5 Å². The quantitative estimate of drug-likeness (QED) is 0.764. The number of hydrogen-bond acceptors (Lipinski definition) is 1. The first-order chi connectivity index (χ1) is 10.5. The molecule has 0 N–H and O–H groups in total. The van der Waals surface area contributed by atoms with Crippen molar-refractivity contribution < 1.29 is 0 Å². The largest absolute Gasteiger partial charge is 0.334 e. The molecule has 1 atom stereocenters. The molecule has 116 valence electrons. The minimum Gasteiger partial charge on any atom is -0.334 e. The van der Waals surface area contributed by atoms with Crippen molar-refractivity contribution in [1.82, 2.24) is 9.55 Å². The van der Waals surface area contributed by atoms with Gasteiger partial charge in [-0.2, -0.15) is 0 Å². The number of aromatic nitrogens is 2. The molecule has 0 saturated carbocycles. The molecule has 0 bridgehead atoms. The van der Waals surface area contributed by atoms with E-state index < -0.39 is 0 Å². The highest BCUT2D eigenvalue weighted by Crippen LogP contribution is 2.43. The van der Waals surface area contributed by atoms with Gasteiger partial charge < -0.3 is 4.57 Å². The average molecular weight is 294 g/mol. The van der Waals surface area contributed by atoms with E-state index in [0.29, 0.717) is 11.3 Å². The van der Waals surface area contributed by atoms with E-state index in [-0.39, 0.29) is 0 Å². The summed E-state index contributed by atoms with van der Waals surface area (Å²) in [5.41, 5.74) is 6.09. The molecular formula is C20H26N2. The molecule has 3 rings (SSSR count). The van der Waals surface area contributed by atoms with Gasteiger partial charge in [-0.3, -0.25) is 0 Å². The summed E-state index contributed by atoms with van der Waals surface area (Å²) >= 11 is 0. The number of benzene rings is 1. The van der Waals surface area contributed by atoms with E-state index in [1.165, 1.54) is 29.5 Å². The van der Waals surface area contributed by atoms with E-state index in [4.69, 9.17) is 0 Å². The standard InChI is InChI=1S/C20H26N2/c1-15(8-11-22-12-10-21-14-22)17-5-6-19-18(13-17)16(2)7-9-20(19,3)4/h5-6,8,10,12-14,16H,7,9,11H2,1-4H3/b15-8+. The molecule has 1 aromatic carbocycles. The van der Waals surface area contributed by atoms with Gasteiger partial charge in [0.25, 0.3) is 0 Å². The van der Waals surface area contributed by atoms with E-state index in [0.717, 1.165) is 6.54 Å². The Hall–Kier alpha value is -1.83. The van der Waals surface area contributed by atoms with Crippen LogP contribution < -0.4 is 0 Å². The number of rotatable bonds is 3. The zero-order chi connectivity index (χ0) is 15.7. The molecule has 0 saturated heterocycles. The summed E-state index contributed by atoms with van der Waals surface area (Å²) < 4.78 is 2.09. The van der Waals surface area contributed by atoms with Crippen LogP contribution in [0, 0.1) is 0 Å². The molecule has 0 fully saturated rings. The number of hydrogen-bond donors (Lipinski definition) is 0. The maximum Gasteiger partial charge on any atom is 0.0948 e. The summed E-state index contributed by atoms with van der Waals surface area (Å²) in [4.78, 5) is 4.09. The fourth-order valence-electron chi connectivity index (χ4n) is 3.45. The van der Waals surface area contributed by atoms with Crippen LogP contribution in [-0.4, -0.2) is 9.55 Å². The van der Waals surface area contributed by atoms with Gasteiger partial charge in [-0.25, -0.2) is 4.98 Å².